The second kappa shape index (κ2) is 10.5. The maximum atomic E-state index is 12.5. The average Bonchev–Trinajstić information content (AvgIpc) is 2.68. The van der Waals surface area contributed by atoms with Gasteiger partial charge in [0.2, 0.25) is 0 Å². The fraction of sp³-hybridized carbons (Fsp3) is 0.429. The summed E-state index contributed by atoms with van der Waals surface area (Å²) in [6, 6.07) is 14.8. The summed E-state index contributed by atoms with van der Waals surface area (Å²) >= 11 is 3.35. The van der Waals surface area contributed by atoms with Crippen molar-refractivity contribution in [3.63, 3.8) is 0 Å². The molecule has 28 heavy (non-hydrogen) atoms. The zero-order chi connectivity index (χ0) is 20.7. The smallest absolute Gasteiger partial charge is 0.118 e. The molecule has 0 fully saturated rings. The van der Waals surface area contributed by atoms with Crippen LogP contribution in [0.3, 0.4) is 0 Å². The number of aryl methyl sites for hydroxylation is 1. The van der Waals surface area contributed by atoms with Crippen molar-refractivity contribution in [3.8, 4) is 5.75 Å². The van der Waals surface area contributed by atoms with Crippen LogP contribution >= 0.6 is 15.9 Å². The normalized spacial score (nSPS) is 16.8. The number of alkyl halides is 1. The molecule has 4 atom stereocenters. The largest absolute Gasteiger partial charge is 0.497 e. The average molecular weight is 471 g/mol. The second-order valence-electron chi connectivity index (χ2n) is 6.99. The molecule has 0 heterocycles. The Morgan fingerprint density at radius 1 is 1.14 bits per heavy atom. The number of hydrogen-bond acceptors (Lipinski definition) is 5. The lowest BCUT2D eigenvalue weighted by Crippen LogP contribution is -2.48. The molecule has 0 saturated heterocycles. The summed E-state index contributed by atoms with van der Waals surface area (Å²) in [5.41, 5.74) is 0.698. The molecule has 2 aromatic rings. The zero-order valence-electron chi connectivity index (χ0n) is 16.3. The summed E-state index contributed by atoms with van der Waals surface area (Å²) in [6.45, 7) is 3.88. The number of methoxy groups -OCH3 is 1. The van der Waals surface area contributed by atoms with Gasteiger partial charge in [0.15, 0.2) is 0 Å². The molecule has 7 heteroatoms. The molecule has 154 valence electrons. The van der Waals surface area contributed by atoms with Gasteiger partial charge in [-0.15, -0.1) is 0 Å². The lowest BCUT2D eigenvalue weighted by Gasteiger charge is -2.31. The minimum atomic E-state index is -1.36. The van der Waals surface area contributed by atoms with Gasteiger partial charge in [-0.25, -0.2) is 0 Å². The maximum absolute atomic E-state index is 12.5. The van der Waals surface area contributed by atoms with Gasteiger partial charge < -0.3 is 19.7 Å². The molecule has 0 aliphatic rings. The molecule has 0 aliphatic carbocycles. The third kappa shape index (κ3) is 6.67. The highest BCUT2D eigenvalue weighted by Crippen LogP contribution is 2.24. The van der Waals surface area contributed by atoms with E-state index in [2.05, 4.69) is 15.9 Å². The molecule has 0 radical (unpaired) electrons. The Bertz CT molecular complexity index is 761. The van der Waals surface area contributed by atoms with Crippen LogP contribution in [-0.4, -0.2) is 50.4 Å². The Hall–Kier alpha value is -1.25. The molecule has 5 nitrogen and oxygen atoms in total. The minimum absolute atomic E-state index is 0.0170. The molecule has 1 unspecified atom stereocenters. The van der Waals surface area contributed by atoms with Gasteiger partial charge in [0.05, 0.1) is 47.8 Å². The van der Waals surface area contributed by atoms with Crippen LogP contribution in [0.5, 0.6) is 5.75 Å². The van der Waals surface area contributed by atoms with Gasteiger partial charge in [-0.3, -0.25) is 4.21 Å². The second-order valence-corrected chi connectivity index (χ2v) is 9.47. The standard InChI is InChI=1S/C21H27BrO5S/c1-15-4-10-18(11-5-15)28(25)13-19(23)20(22)21(2,24)14-27-12-16-6-8-17(26-3)9-7-16/h4-11,19-20,23-24H,12-14H2,1-3H3/t19-,20-,21-,28?/m1/s1. The van der Waals surface area contributed by atoms with E-state index in [9.17, 15) is 14.4 Å². The van der Waals surface area contributed by atoms with E-state index in [1.165, 1.54) is 0 Å². The summed E-state index contributed by atoms with van der Waals surface area (Å²) in [7, 11) is 0.248. The molecular formula is C21H27BrO5S. The number of rotatable bonds is 10. The molecule has 0 amide bonds. The van der Waals surface area contributed by atoms with Crippen molar-refractivity contribution >= 4 is 26.7 Å². The third-order valence-corrected chi connectivity index (χ3v) is 7.40. The van der Waals surface area contributed by atoms with Crippen LogP contribution in [0.2, 0.25) is 0 Å². The van der Waals surface area contributed by atoms with Crippen molar-refractivity contribution in [2.24, 2.45) is 0 Å². The van der Waals surface area contributed by atoms with E-state index in [0.29, 0.717) is 11.5 Å². The van der Waals surface area contributed by atoms with Crippen LogP contribution in [0, 0.1) is 6.92 Å². The van der Waals surface area contributed by atoms with Gasteiger partial charge in [0.25, 0.3) is 0 Å². The minimum Gasteiger partial charge on any atom is -0.497 e. The van der Waals surface area contributed by atoms with Gasteiger partial charge in [0.1, 0.15) is 11.4 Å². The quantitative estimate of drug-likeness (QED) is 0.521. The zero-order valence-corrected chi connectivity index (χ0v) is 18.7. The topological polar surface area (TPSA) is 76.0 Å². The molecule has 2 rings (SSSR count). The molecule has 0 aliphatic heterocycles. The van der Waals surface area contributed by atoms with E-state index in [1.807, 2.05) is 43.3 Å². The first-order valence-corrected chi connectivity index (χ1v) is 11.2. The van der Waals surface area contributed by atoms with Gasteiger partial charge in [-0.05, 0) is 43.7 Å². The first-order valence-electron chi connectivity index (χ1n) is 8.93. The van der Waals surface area contributed by atoms with Gasteiger partial charge in [-0.2, -0.15) is 0 Å². The van der Waals surface area contributed by atoms with Crippen molar-refractivity contribution in [2.45, 2.75) is 41.9 Å². The highest BCUT2D eigenvalue weighted by molar-refractivity contribution is 9.09. The Labute approximate surface area is 177 Å². The molecule has 2 N–H and O–H groups in total. The number of aliphatic hydroxyl groups is 2. The van der Waals surface area contributed by atoms with Crippen molar-refractivity contribution in [1.82, 2.24) is 0 Å². The first kappa shape index (κ1) is 23.0. The van der Waals surface area contributed by atoms with Crippen LogP contribution < -0.4 is 4.74 Å². The van der Waals surface area contributed by atoms with E-state index in [1.54, 1.807) is 26.2 Å². The first-order chi connectivity index (χ1) is 13.2. The molecular weight excluding hydrogens is 444 g/mol. The summed E-state index contributed by atoms with van der Waals surface area (Å²) in [6.07, 6.45) is -0.998. The van der Waals surface area contributed by atoms with Gasteiger partial charge in [0, 0.05) is 4.90 Å². The molecule has 0 saturated carbocycles. The van der Waals surface area contributed by atoms with Crippen LogP contribution in [-0.2, 0) is 22.1 Å². The fourth-order valence-electron chi connectivity index (χ4n) is 2.62. The number of hydrogen-bond donors (Lipinski definition) is 2. The predicted molar refractivity (Wildman–Crippen MR) is 114 cm³/mol. The van der Waals surface area contributed by atoms with Crippen LogP contribution in [0.25, 0.3) is 0 Å². The fourth-order valence-corrected chi connectivity index (χ4v) is 4.32. The number of benzene rings is 2. The van der Waals surface area contributed by atoms with Crippen LogP contribution in [0.4, 0.5) is 0 Å². The van der Waals surface area contributed by atoms with E-state index >= 15 is 0 Å². The SMILES string of the molecule is COc1ccc(COC[C@@](C)(O)[C@H](Br)[C@H](O)CS(=O)c2ccc(C)cc2)cc1. The van der Waals surface area contributed by atoms with E-state index in [-0.39, 0.29) is 12.4 Å². The molecule has 0 bridgehead atoms. The maximum Gasteiger partial charge on any atom is 0.118 e. The summed E-state index contributed by atoms with van der Waals surface area (Å²) < 4.78 is 23.2. The molecule has 2 aromatic carbocycles. The van der Waals surface area contributed by atoms with Gasteiger partial charge >= 0.3 is 0 Å². The lowest BCUT2D eigenvalue weighted by molar-refractivity contribution is -0.0554. The van der Waals surface area contributed by atoms with Crippen LogP contribution in [0.1, 0.15) is 18.1 Å². The Morgan fingerprint density at radius 2 is 1.75 bits per heavy atom. The molecule has 0 spiro atoms. The highest BCUT2D eigenvalue weighted by Gasteiger charge is 2.36. The molecule has 0 aromatic heterocycles. The Morgan fingerprint density at radius 3 is 2.32 bits per heavy atom. The van der Waals surface area contributed by atoms with Crippen molar-refractivity contribution < 1.29 is 23.9 Å². The Balaban J connectivity index is 1.86. The lowest BCUT2D eigenvalue weighted by atomic mass is 10.00. The van der Waals surface area contributed by atoms with E-state index in [4.69, 9.17) is 9.47 Å². The number of ether oxygens (including phenoxy) is 2. The third-order valence-electron chi connectivity index (χ3n) is 4.36. The van der Waals surface area contributed by atoms with Crippen LogP contribution in [0.15, 0.2) is 53.4 Å². The van der Waals surface area contributed by atoms with Crippen molar-refractivity contribution in [1.29, 1.82) is 0 Å². The number of halogens is 1. The van der Waals surface area contributed by atoms with Crippen molar-refractivity contribution in [2.75, 3.05) is 19.5 Å². The summed E-state index contributed by atoms with van der Waals surface area (Å²) in [4.78, 5) is -0.0370. The summed E-state index contributed by atoms with van der Waals surface area (Å²) in [5.74, 6) is 0.786. The highest BCUT2D eigenvalue weighted by atomic mass is 79.9. The monoisotopic (exact) mass is 470 g/mol. The van der Waals surface area contributed by atoms with Gasteiger partial charge in [-0.1, -0.05) is 45.8 Å². The van der Waals surface area contributed by atoms with E-state index < -0.39 is 27.3 Å². The Kier molecular flexibility index (Phi) is 8.64. The number of aliphatic hydroxyl groups excluding tert-OH is 1. The van der Waals surface area contributed by atoms with Crippen molar-refractivity contribution in [3.05, 3.63) is 59.7 Å². The van der Waals surface area contributed by atoms with E-state index in [0.717, 1.165) is 16.9 Å². The predicted octanol–water partition coefficient (Wildman–Crippen LogP) is 3.20. The summed E-state index contributed by atoms with van der Waals surface area (Å²) in [5, 5.41) is 21.1.